The van der Waals surface area contributed by atoms with E-state index in [9.17, 15) is 5.11 Å². The van der Waals surface area contributed by atoms with Gasteiger partial charge in [-0.15, -0.1) is 0 Å². The number of hydrogen-bond acceptors (Lipinski definition) is 3. The van der Waals surface area contributed by atoms with Crippen molar-refractivity contribution < 1.29 is 14.6 Å². The Morgan fingerprint density at radius 2 is 1.90 bits per heavy atom. The average Bonchev–Trinajstić information content (AvgIpc) is 2.54. The maximum atomic E-state index is 10.5. The molecule has 0 amide bonds. The normalized spacial score (nSPS) is 18.8. The van der Waals surface area contributed by atoms with Gasteiger partial charge in [0.25, 0.3) is 0 Å². The van der Waals surface area contributed by atoms with E-state index in [4.69, 9.17) is 9.47 Å². The Hall–Kier alpha value is -2.00. The summed E-state index contributed by atoms with van der Waals surface area (Å²) in [4.78, 5) is 0. The molecule has 0 spiro atoms. The Kier molecular flexibility index (Phi) is 3.61. The zero-order chi connectivity index (χ0) is 13.9. The zero-order valence-electron chi connectivity index (χ0n) is 11.5. The molecule has 0 radical (unpaired) electrons. The van der Waals surface area contributed by atoms with Gasteiger partial charge in [0.15, 0.2) is 0 Å². The summed E-state index contributed by atoms with van der Waals surface area (Å²) in [5, 5.41) is 10.5. The summed E-state index contributed by atoms with van der Waals surface area (Å²) >= 11 is 0. The Morgan fingerprint density at radius 3 is 2.65 bits per heavy atom. The molecular formula is C17H18O3. The first-order valence-corrected chi connectivity index (χ1v) is 6.80. The van der Waals surface area contributed by atoms with Gasteiger partial charge in [-0.2, -0.15) is 0 Å². The van der Waals surface area contributed by atoms with Crippen molar-refractivity contribution in [3.05, 3.63) is 59.7 Å². The van der Waals surface area contributed by atoms with Crippen LogP contribution < -0.4 is 9.47 Å². The third-order valence-electron chi connectivity index (χ3n) is 3.81. The Bertz CT molecular complexity index is 577. The van der Waals surface area contributed by atoms with Crippen molar-refractivity contribution in [2.45, 2.75) is 12.5 Å². The van der Waals surface area contributed by atoms with Gasteiger partial charge in [0.1, 0.15) is 11.5 Å². The van der Waals surface area contributed by atoms with Gasteiger partial charge in [0.2, 0.25) is 0 Å². The van der Waals surface area contributed by atoms with Gasteiger partial charge in [0, 0.05) is 5.92 Å². The molecule has 2 aromatic rings. The summed E-state index contributed by atoms with van der Waals surface area (Å²) in [5.41, 5.74) is 2.06. The third-order valence-corrected chi connectivity index (χ3v) is 3.81. The van der Waals surface area contributed by atoms with Crippen LogP contribution in [-0.4, -0.2) is 18.8 Å². The summed E-state index contributed by atoms with van der Waals surface area (Å²) in [6.45, 7) is 0.546. The Labute approximate surface area is 118 Å². The van der Waals surface area contributed by atoms with E-state index in [1.54, 1.807) is 7.11 Å². The fourth-order valence-corrected chi connectivity index (χ4v) is 2.63. The van der Waals surface area contributed by atoms with Crippen LogP contribution >= 0.6 is 0 Å². The van der Waals surface area contributed by atoms with E-state index in [-0.39, 0.29) is 5.92 Å². The van der Waals surface area contributed by atoms with Crippen LogP contribution in [0.2, 0.25) is 0 Å². The minimum Gasteiger partial charge on any atom is -0.497 e. The van der Waals surface area contributed by atoms with E-state index in [2.05, 4.69) is 6.07 Å². The predicted octanol–water partition coefficient (Wildman–Crippen LogP) is 2.98. The molecule has 2 unspecified atom stereocenters. The molecule has 1 heterocycles. The van der Waals surface area contributed by atoms with E-state index in [0.717, 1.165) is 29.0 Å². The molecule has 0 aliphatic carbocycles. The van der Waals surface area contributed by atoms with Crippen LogP contribution in [-0.2, 0) is 6.42 Å². The molecule has 0 aromatic heterocycles. The van der Waals surface area contributed by atoms with Crippen molar-refractivity contribution in [3.8, 4) is 11.5 Å². The summed E-state index contributed by atoms with van der Waals surface area (Å²) < 4.78 is 10.9. The number of methoxy groups -OCH3 is 1. The van der Waals surface area contributed by atoms with Crippen LogP contribution in [0.3, 0.4) is 0 Å². The number of aliphatic hydroxyl groups excluding tert-OH is 1. The Morgan fingerprint density at radius 1 is 1.15 bits per heavy atom. The standard InChI is InChI=1S/C17H18O3/c1-19-15-8-6-12(7-9-15)17(18)14-10-13-4-2-3-5-16(13)20-11-14/h2-9,14,17-18H,10-11H2,1H3. The SMILES string of the molecule is COc1ccc(C(O)C2COc3ccccc3C2)cc1. The fraction of sp³-hybridized carbons (Fsp3) is 0.294. The second-order valence-electron chi connectivity index (χ2n) is 5.10. The lowest BCUT2D eigenvalue weighted by molar-refractivity contribution is 0.0644. The van der Waals surface area contributed by atoms with Crippen LogP contribution in [0, 0.1) is 5.92 Å². The first kappa shape index (κ1) is 13.0. The van der Waals surface area contributed by atoms with Crippen molar-refractivity contribution in [3.63, 3.8) is 0 Å². The highest BCUT2D eigenvalue weighted by molar-refractivity contribution is 5.36. The van der Waals surface area contributed by atoms with Crippen molar-refractivity contribution in [1.29, 1.82) is 0 Å². The molecule has 1 aliphatic rings. The van der Waals surface area contributed by atoms with E-state index < -0.39 is 6.10 Å². The van der Waals surface area contributed by atoms with E-state index in [1.165, 1.54) is 0 Å². The second-order valence-corrected chi connectivity index (χ2v) is 5.10. The van der Waals surface area contributed by atoms with E-state index in [1.807, 2.05) is 42.5 Å². The average molecular weight is 270 g/mol. The summed E-state index contributed by atoms with van der Waals surface area (Å²) in [6.07, 6.45) is 0.317. The quantitative estimate of drug-likeness (QED) is 0.932. The van der Waals surface area contributed by atoms with Gasteiger partial charge < -0.3 is 14.6 Å². The van der Waals surface area contributed by atoms with Crippen molar-refractivity contribution in [2.24, 2.45) is 5.92 Å². The van der Waals surface area contributed by atoms with Crippen LogP contribution in [0.25, 0.3) is 0 Å². The molecule has 104 valence electrons. The highest BCUT2D eigenvalue weighted by Crippen LogP contribution is 2.33. The number of fused-ring (bicyclic) bond motifs is 1. The first-order chi connectivity index (χ1) is 9.78. The topological polar surface area (TPSA) is 38.7 Å². The molecule has 3 heteroatoms. The molecule has 3 nitrogen and oxygen atoms in total. The van der Waals surface area contributed by atoms with Gasteiger partial charge in [0.05, 0.1) is 19.8 Å². The highest BCUT2D eigenvalue weighted by atomic mass is 16.5. The minimum atomic E-state index is -0.519. The first-order valence-electron chi connectivity index (χ1n) is 6.80. The summed E-state index contributed by atoms with van der Waals surface area (Å²) in [6, 6.07) is 15.6. The zero-order valence-corrected chi connectivity index (χ0v) is 11.5. The molecule has 1 N–H and O–H groups in total. The molecule has 2 aromatic carbocycles. The lowest BCUT2D eigenvalue weighted by Gasteiger charge is -2.29. The minimum absolute atomic E-state index is 0.0818. The summed E-state index contributed by atoms with van der Waals surface area (Å²) in [7, 11) is 1.64. The van der Waals surface area contributed by atoms with Gasteiger partial charge in [-0.25, -0.2) is 0 Å². The van der Waals surface area contributed by atoms with E-state index >= 15 is 0 Å². The van der Waals surface area contributed by atoms with Crippen molar-refractivity contribution >= 4 is 0 Å². The van der Waals surface area contributed by atoms with Crippen molar-refractivity contribution in [2.75, 3.05) is 13.7 Å². The Balaban J connectivity index is 1.76. The van der Waals surface area contributed by atoms with Crippen LogP contribution in [0.15, 0.2) is 48.5 Å². The van der Waals surface area contributed by atoms with E-state index in [0.29, 0.717) is 6.61 Å². The van der Waals surface area contributed by atoms with Crippen LogP contribution in [0.1, 0.15) is 17.2 Å². The number of para-hydroxylation sites is 1. The second kappa shape index (κ2) is 5.55. The van der Waals surface area contributed by atoms with Gasteiger partial charge >= 0.3 is 0 Å². The number of rotatable bonds is 3. The maximum absolute atomic E-state index is 10.5. The monoisotopic (exact) mass is 270 g/mol. The molecule has 0 saturated heterocycles. The third kappa shape index (κ3) is 2.49. The van der Waals surface area contributed by atoms with Crippen LogP contribution in [0.5, 0.6) is 11.5 Å². The molecule has 1 aliphatic heterocycles. The molecule has 2 atom stereocenters. The molecular weight excluding hydrogens is 252 g/mol. The number of aliphatic hydroxyl groups is 1. The molecule has 20 heavy (non-hydrogen) atoms. The molecule has 0 fully saturated rings. The van der Waals surface area contributed by atoms with Crippen molar-refractivity contribution in [1.82, 2.24) is 0 Å². The van der Waals surface area contributed by atoms with Gasteiger partial charge in [-0.05, 0) is 35.7 Å². The summed E-state index contributed by atoms with van der Waals surface area (Å²) in [5.74, 6) is 1.81. The van der Waals surface area contributed by atoms with Gasteiger partial charge in [-0.3, -0.25) is 0 Å². The van der Waals surface area contributed by atoms with Gasteiger partial charge in [-0.1, -0.05) is 30.3 Å². The molecule has 3 rings (SSSR count). The number of benzene rings is 2. The predicted molar refractivity (Wildman–Crippen MR) is 77.1 cm³/mol. The lowest BCUT2D eigenvalue weighted by Crippen LogP contribution is -2.26. The highest BCUT2D eigenvalue weighted by Gasteiger charge is 2.27. The number of hydrogen-bond donors (Lipinski definition) is 1. The molecule has 0 bridgehead atoms. The smallest absolute Gasteiger partial charge is 0.122 e. The number of ether oxygens (including phenoxy) is 2. The lowest BCUT2D eigenvalue weighted by atomic mass is 9.88. The maximum Gasteiger partial charge on any atom is 0.122 e. The van der Waals surface area contributed by atoms with Crippen LogP contribution in [0.4, 0.5) is 0 Å². The molecule has 0 saturated carbocycles. The fourth-order valence-electron chi connectivity index (χ4n) is 2.63. The largest absolute Gasteiger partial charge is 0.497 e.